The Morgan fingerprint density at radius 2 is 1.88 bits per heavy atom. The van der Waals surface area contributed by atoms with Crippen LogP contribution in [0.3, 0.4) is 0 Å². The van der Waals surface area contributed by atoms with Crippen LogP contribution in [0.15, 0.2) is 10.3 Å². The molecule has 0 saturated carbocycles. The summed E-state index contributed by atoms with van der Waals surface area (Å²) in [6, 6.07) is 0. The van der Waals surface area contributed by atoms with E-state index in [1.54, 1.807) is 6.92 Å². The molecule has 0 atom stereocenters. The van der Waals surface area contributed by atoms with E-state index in [1.807, 2.05) is 6.92 Å². The van der Waals surface area contributed by atoms with Gasteiger partial charge in [0.2, 0.25) is 0 Å². The first-order chi connectivity index (χ1) is 3.72. The molecule has 0 heterocycles. The van der Waals surface area contributed by atoms with Gasteiger partial charge in [-0.3, -0.25) is 0 Å². The maximum absolute atomic E-state index is 12.4. The van der Waals surface area contributed by atoms with Crippen LogP contribution in [0.1, 0.15) is 26.7 Å². The summed E-state index contributed by atoms with van der Waals surface area (Å²) in [5.41, 5.74) is 0. The monoisotopic (exact) mass is 180 g/mol. The molecule has 0 aromatic heterocycles. The first kappa shape index (κ1) is 8.15. The molecule has 0 radical (unpaired) electrons. The van der Waals surface area contributed by atoms with Crippen molar-refractivity contribution in [3.8, 4) is 0 Å². The lowest BCUT2D eigenvalue weighted by atomic mass is 10.3. The van der Waals surface area contributed by atoms with Crippen LogP contribution in [-0.4, -0.2) is 0 Å². The molecular formula is C6H10BrF. The molecule has 0 amide bonds. The highest BCUT2D eigenvalue weighted by Gasteiger charge is 1.95. The smallest absolute Gasteiger partial charge is 0.110 e. The summed E-state index contributed by atoms with van der Waals surface area (Å²) in [4.78, 5) is 0. The van der Waals surface area contributed by atoms with Gasteiger partial charge in [-0.05, 0) is 12.8 Å². The Labute approximate surface area is 57.9 Å². The quantitative estimate of drug-likeness (QED) is 0.612. The van der Waals surface area contributed by atoms with Gasteiger partial charge in [0.05, 0.1) is 0 Å². The molecule has 48 valence electrons. The molecule has 8 heavy (non-hydrogen) atoms. The van der Waals surface area contributed by atoms with Crippen molar-refractivity contribution in [3.63, 3.8) is 0 Å². The fourth-order valence-corrected chi connectivity index (χ4v) is 0.664. The third-order valence-corrected chi connectivity index (χ3v) is 1.91. The molecule has 0 aliphatic carbocycles. The van der Waals surface area contributed by atoms with Gasteiger partial charge in [0.15, 0.2) is 0 Å². The van der Waals surface area contributed by atoms with E-state index < -0.39 is 0 Å². The highest BCUT2D eigenvalue weighted by atomic mass is 79.9. The zero-order valence-electron chi connectivity index (χ0n) is 5.17. The molecule has 0 rings (SSSR count). The van der Waals surface area contributed by atoms with Crippen LogP contribution in [0.25, 0.3) is 0 Å². The molecule has 0 bridgehead atoms. The van der Waals surface area contributed by atoms with Crippen LogP contribution in [-0.2, 0) is 0 Å². The molecule has 0 aliphatic rings. The van der Waals surface area contributed by atoms with Gasteiger partial charge in [0.25, 0.3) is 0 Å². The second-order valence-electron chi connectivity index (χ2n) is 1.52. The van der Waals surface area contributed by atoms with E-state index >= 15 is 0 Å². The number of rotatable bonds is 2. The third kappa shape index (κ3) is 2.46. The number of halogens is 2. The van der Waals surface area contributed by atoms with E-state index in [4.69, 9.17) is 0 Å². The molecule has 0 aromatic rings. The van der Waals surface area contributed by atoms with Crippen molar-refractivity contribution in [2.24, 2.45) is 0 Å². The lowest BCUT2D eigenvalue weighted by Gasteiger charge is -1.92. The van der Waals surface area contributed by atoms with Gasteiger partial charge in [0, 0.05) is 4.48 Å². The fraction of sp³-hybridized carbons (Fsp3) is 0.667. The number of allylic oxidation sites excluding steroid dienone is 2. The minimum atomic E-state index is -0.0347. The zero-order chi connectivity index (χ0) is 6.57. The van der Waals surface area contributed by atoms with E-state index in [-0.39, 0.29) is 5.83 Å². The van der Waals surface area contributed by atoms with Crippen LogP contribution < -0.4 is 0 Å². The summed E-state index contributed by atoms with van der Waals surface area (Å²) >= 11 is 3.11. The number of hydrogen-bond acceptors (Lipinski definition) is 0. The van der Waals surface area contributed by atoms with Crippen LogP contribution >= 0.6 is 15.9 Å². The number of hydrogen-bond donors (Lipinski definition) is 0. The van der Waals surface area contributed by atoms with E-state index in [0.29, 0.717) is 10.9 Å². The normalized spacial score (nSPS) is 13.5. The minimum Gasteiger partial charge on any atom is -0.211 e. The van der Waals surface area contributed by atoms with E-state index in [0.717, 1.165) is 6.42 Å². The second-order valence-corrected chi connectivity index (χ2v) is 2.47. The average Bonchev–Trinajstić information content (AvgIpc) is 1.84. The molecule has 0 nitrogen and oxygen atoms in total. The van der Waals surface area contributed by atoms with Crippen molar-refractivity contribution in [1.29, 1.82) is 0 Å². The third-order valence-electron chi connectivity index (χ3n) is 0.915. The molecule has 0 fully saturated rings. The maximum atomic E-state index is 12.4. The largest absolute Gasteiger partial charge is 0.211 e. The lowest BCUT2D eigenvalue weighted by molar-refractivity contribution is 0.597. The highest BCUT2D eigenvalue weighted by Crippen LogP contribution is 2.18. The molecule has 2 heteroatoms. The molecule has 0 unspecified atom stereocenters. The van der Waals surface area contributed by atoms with E-state index in [9.17, 15) is 4.39 Å². The van der Waals surface area contributed by atoms with Crippen molar-refractivity contribution >= 4 is 15.9 Å². The van der Waals surface area contributed by atoms with Gasteiger partial charge in [-0.25, -0.2) is 4.39 Å². The highest BCUT2D eigenvalue weighted by molar-refractivity contribution is 9.11. The molecule has 0 saturated heterocycles. The topological polar surface area (TPSA) is 0 Å². The lowest BCUT2D eigenvalue weighted by Crippen LogP contribution is -1.73. The molecule has 0 N–H and O–H groups in total. The first-order valence-corrected chi connectivity index (χ1v) is 3.54. The summed E-state index contributed by atoms with van der Waals surface area (Å²) in [7, 11) is 0. The van der Waals surface area contributed by atoms with E-state index in [1.165, 1.54) is 0 Å². The first-order valence-electron chi connectivity index (χ1n) is 2.75. The van der Waals surface area contributed by atoms with Gasteiger partial charge >= 0.3 is 0 Å². The van der Waals surface area contributed by atoms with Crippen LogP contribution in [0, 0.1) is 0 Å². The molecule has 0 aromatic carbocycles. The van der Waals surface area contributed by atoms with Gasteiger partial charge in [-0.2, -0.15) is 0 Å². The Morgan fingerprint density at radius 1 is 1.38 bits per heavy atom. The van der Waals surface area contributed by atoms with Gasteiger partial charge in [0.1, 0.15) is 5.83 Å². The molecular weight excluding hydrogens is 171 g/mol. The summed E-state index contributed by atoms with van der Waals surface area (Å²) in [5.74, 6) is -0.0347. The molecule has 0 spiro atoms. The van der Waals surface area contributed by atoms with Crippen LogP contribution in [0.4, 0.5) is 4.39 Å². The summed E-state index contributed by atoms with van der Waals surface area (Å²) in [6.45, 7) is 3.71. The van der Waals surface area contributed by atoms with Crippen molar-refractivity contribution in [2.45, 2.75) is 26.7 Å². The SMILES string of the molecule is CC/C(F)=C(\Br)CC. The van der Waals surface area contributed by atoms with Crippen molar-refractivity contribution in [2.75, 3.05) is 0 Å². The summed E-state index contributed by atoms with van der Waals surface area (Å²) < 4.78 is 13.1. The summed E-state index contributed by atoms with van der Waals surface area (Å²) in [6.07, 6.45) is 1.24. The predicted octanol–water partition coefficient (Wildman–Crippen LogP) is 3.38. The Balaban J connectivity index is 3.83. The van der Waals surface area contributed by atoms with Gasteiger partial charge < -0.3 is 0 Å². The summed E-state index contributed by atoms with van der Waals surface area (Å²) in [5, 5.41) is 0. The fourth-order valence-electron chi connectivity index (χ4n) is 0.384. The second kappa shape index (κ2) is 4.07. The van der Waals surface area contributed by atoms with E-state index in [2.05, 4.69) is 15.9 Å². The molecule has 0 aliphatic heterocycles. The van der Waals surface area contributed by atoms with Gasteiger partial charge in [-0.1, -0.05) is 29.8 Å². The maximum Gasteiger partial charge on any atom is 0.110 e. The average molecular weight is 181 g/mol. The van der Waals surface area contributed by atoms with Crippen molar-refractivity contribution < 1.29 is 4.39 Å². The van der Waals surface area contributed by atoms with Crippen molar-refractivity contribution in [3.05, 3.63) is 10.3 Å². The van der Waals surface area contributed by atoms with Crippen molar-refractivity contribution in [1.82, 2.24) is 0 Å². The minimum absolute atomic E-state index is 0.0347. The predicted molar refractivity (Wildman–Crippen MR) is 37.6 cm³/mol. The Kier molecular flexibility index (Phi) is 4.15. The zero-order valence-corrected chi connectivity index (χ0v) is 6.76. The Morgan fingerprint density at radius 3 is 2.00 bits per heavy atom. The van der Waals surface area contributed by atoms with Gasteiger partial charge in [-0.15, -0.1) is 0 Å². The standard InChI is InChI=1S/C6H10BrF/c1-3-5(7)6(8)4-2/h3-4H2,1-2H3/b6-5+. The Bertz CT molecular complexity index is 84.7. The Hall–Kier alpha value is 0.150. The van der Waals surface area contributed by atoms with Crippen LogP contribution in [0.2, 0.25) is 0 Å². The van der Waals surface area contributed by atoms with Crippen LogP contribution in [0.5, 0.6) is 0 Å².